The summed E-state index contributed by atoms with van der Waals surface area (Å²) < 4.78 is 0. The predicted octanol–water partition coefficient (Wildman–Crippen LogP) is 0.910. The molecule has 0 aliphatic rings. The molecule has 0 spiro atoms. The molecule has 4 nitrogen and oxygen atoms in total. The minimum Gasteiger partial charge on any atom is -0.380 e. The third-order valence-electron chi connectivity index (χ3n) is 1.55. The maximum Gasteiger partial charge on any atom is 0.372 e. The summed E-state index contributed by atoms with van der Waals surface area (Å²) in [6.07, 6.45) is 0. The van der Waals surface area contributed by atoms with E-state index in [1.807, 2.05) is 20.8 Å². The van der Waals surface area contributed by atoms with Crippen LogP contribution in [0.5, 0.6) is 0 Å². The number of rotatable bonds is 6. The van der Waals surface area contributed by atoms with E-state index < -0.39 is 5.97 Å². The number of carbonyl (C=O) groups is 1. The molecule has 4 heteroatoms. The Labute approximate surface area is 79.5 Å². The molecule has 0 aliphatic heterocycles. The zero-order chi connectivity index (χ0) is 10.3. The van der Waals surface area contributed by atoms with Gasteiger partial charge in [-0.2, -0.15) is 0 Å². The van der Waals surface area contributed by atoms with Gasteiger partial charge < -0.3 is 10.2 Å². The van der Waals surface area contributed by atoms with Gasteiger partial charge in [-0.3, -0.25) is 0 Å². The SMILES string of the molecule is C=C(NCC)C(=O)ON(CC)CC. The highest BCUT2D eigenvalue weighted by Gasteiger charge is 2.10. The van der Waals surface area contributed by atoms with Gasteiger partial charge in [-0.15, -0.1) is 5.06 Å². The second kappa shape index (κ2) is 6.48. The van der Waals surface area contributed by atoms with E-state index in [1.54, 1.807) is 5.06 Å². The highest BCUT2D eigenvalue weighted by molar-refractivity contribution is 5.86. The summed E-state index contributed by atoms with van der Waals surface area (Å²) in [6.45, 7) is 11.3. The monoisotopic (exact) mass is 186 g/mol. The highest BCUT2D eigenvalue weighted by atomic mass is 16.7. The van der Waals surface area contributed by atoms with Crippen LogP contribution in [0.1, 0.15) is 20.8 Å². The van der Waals surface area contributed by atoms with Crippen molar-refractivity contribution >= 4 is 5.97 Å². The lowest BCUT2D eigenvalue weighted by molar-refractivity contribution is -0.183. The summed E-state index contributed by atoms with van der Waals surface area (Å²) in [5.74, 6) is -0.412. The molecule has 0 aromatic heterocycles. The van der Waals surface area contributed by atoms with E-state index in [4.69, 9.17) is 4.84 Å². The number of likely N-dealkylation sites (N-methyl/N-ethyl adjacent to an activating group) is 1. The predicted molar refractivity (Wildman–Crippen MR) is 51.8 cm³/mol. The number of hydroxylamine groups is 2. The van der Waals surface area contributed by atoms with Crippen LogP contribution in [0, 0.1) is 0 Å². The molecule has 0 heterocycles. The number of hydrogen-bond donors (Lipinski definition) is 1. The molecular formula is C9H18N2O2. The van der Waals surface area contributed by atoms with Crippen molar-refractivity contribution in [1.29, 1.82) is 0 Å². The van der Waals surface area contributed by atoms with Gasteiger partial charge in [0.2, 0.25) is 0 Å². The van der Waals surface area contributed by atoms with Gasteiger partial charge in [0.25, 0.3) is 0 Å². The minimum atomic E-state index is -0.412. The molecule has 0 radical (unpaired) electrons. The molecule has 13 heavy (non-hydrogen) atoms. The van der Waals surface area contributed by atoms with Gasteiger partial charge in [0.1, 0.15) is 5.70 Å². The Morgan fingerprint density at radius 1 is 1.38 bits per heavy atom. The summed E-state index contributed by atoms with van der Waals surface area (Å²) in [7, 11) is 0. The third kappa shape index (κ3) is 4.52. The average molecular weight is 186 g/mol. The van der Waals surface area contributed by atoms with Crippen molar-refractivity contribution in [3.05, 3.63) is 12.3 Å². The fourth-order valence-electron chi connectivity index (χ4n) is 0.811. The summed E-state index contributed by atoms with van der Waals surface area (Å²) in [5.41, 5.74) is 0.300. The Balaban J connectivity index is 3.90. The first-order chi connectivity index (χ1) is 6.15. The Morgan fingerprint density at radius 2 is 1.92 bits per heavy atom. The van der Waals surface area contributed by atoms with Crippen LogP contribution in [0.4, 0.5) is 0 Å². The van der Waals surface area contributed by atoms with Crippen molar-refractivity contribution in [1.82, 2.24) is 10.4 Å². The maximum atomic E-state index is 11.2. The standard InChI is InChI=1S/C9H18N2O2/c1-5-10-8(4)9(12)13-11(6-2)7-3/h10H,4-7H2,1-3H3. The molecule has 0 fully saturated rings. The lowest BCUT2D eigenvalue weighted by Crippen LogP contribution is -2.30. The van der Waals surface area contributed by atoms with Crippen molar-refractivity contribution < 1.29 is 9.63 Å². The van der Waals surface area contributed by atoms with Crippen LogP contribution >= 0.6 is 0 Å². The Hall–Kier alpha value is -1.03. The molecule has 0 atom stereocenters. The quantitative estimate of drug-likeness (QED) is 0.494. The molecule has 0 saturated carbocycles. The van der Waals surface area contributed by atoms with Crippen LogP contribution in [0.15, 0.2) is 12.3 Å². The topological polar surface area (TPSA) is 41.6 Å². The van der Waals surface area contributed by atoms with Crippen LogP contribution in [-0.4, -0.2) is 30.7 Å². The molecular weight excluding hydrogens is 168 g/mol. The van der Waals surface area contributed by atoms with E-state index >= 15 is 0 Å². The number of hydrogen-bond acceptors (Lipinski definition) is 4. The van der Waals surface area contributed by atoms with Crippen molar-refractivity contribution in [2.45, 2.75) is 20.8 Å². The van der Waals surface area contributed by atoms with Crippen LogP contribution in [0.2, 0.25) is 0 Å². The largest absolute Gasteiger partial charge is 0.380 e. The van der Waals surface area contributed by atoms with Crippen LogP contribution in [0.25, 0.3) is 0 Å². The second-order valence-corrected chi connectivity index (χ2v) is 2.50. The molecule has 0 rings (SSSR count). The zero-order valence-electron chi connectivity index (χ0n) is 8.59. The molecule has 76 valence electrons. The van der Waals surface area contributed by atoms with E-state index in [9.17, 15) is 4.79 Å². The van der Waals surface area contributed by atoms with Crippen molar-refractivity contribution in [3.8, 4) is 0 Å². The molecule has 0 amide bonds. The molecule has 0 unspecified atom stereocenters. The van der Waals surface area contributed by atoms with E-state index in [0.29, 0.717) is 25.3 Å². The Kier molecular flexibility index (Phi) is 5.97. The second-order valence-electron chi connectivity index (χ2n) is 2.50. The smallest absolute Gasteiger partial charge is 0.372 e. The van der Waals surface area contributed by atoms with E-state index in [1.165, 1.54) is 0 Å². The fraction of sp³-hybridized carbons (Fsp3) is 0.667. The summed E-state index contributed by atoms with van der Waals surface area (Å²) >= 11 is 0. The van der Waals surface area contributed by atoms with Crippen molar-refractivity contribution in [3.63, 3.8) is 0 Å². The average Bonchev–Trinajstić information content (AvgIpc) is 2.14. The van der Waals surface area contributed by atoms with Gasteiger partial charge in [0, 0.05) is 19.6 Å². The van der Waals surface area contributed by atoms with Gasteiger partial charge in [0.15, 0.2) is 0 Å². The van der Waals surface area contributed by atoms with E-state index in [2.05, 4.69) is 11.9 Å². The highest BCUT2D eigenvalue weighted by Crippen LogP contribution is 1.95. The Bertz CT molecular complexity index is 176. The number of nitrogens with one attached hydrogen (secondary N) is 1. The first-order valence-corrected chi connectivity index (χ1v) is 4.55. The first kappa shape index (κ1) is 12.0. The Morgan fingerprint density at radius 3 is 2.31 bits per heavy atom. The lowest BCUT2D eigenvalue weighted by atomic mass is 10.5. The zero-order valence-corrected chi connectivity index (χ0v) is 8.59. The van der Waals surface area contributed by atoms with Gasteiger partial charge in [-0.1, -0.05) is 6.58 Å². The first-order valence-electron chi connectivity index (χ1n) is 4.55. The normalized spacial score (nSPS) is 9.85. The van der Waals surface area contributed by atoms with E-state index in [-0.39, 0.29) is 0 Å². The molecule has 0 bridgehead atoms. The van der Waals surface area contributed by atoms with Crippen LogP contribution in [0.3, 0.4) is 0 Å². The lowest BCUT2D eigenvalue weighted by Gasteiger charge is -2.17. The summed E-state index contributed by atoms with van der Waals surface area (Å²) in [5, 5.41) is 4.38. The minimum absolute atomic E-state index is 0.300. The van der Waals surface area contributed by atoms with Crippen molar-refractivity contribution in [2.75, 3.05) is 19.6 Å². The van der Waals surface area contributed by atoms with Crippen LogP contribution < -0.4 is 5.32 Å². The summed E-state index contributed by atoms with van der Waals surface area (Å²) in [6, 6.07) is 0. The van der Waals surface area contributed by atoms with Crippen molar-refractivity contribution in [2.24, 2.45) is 0 Å². The third-order valence-corrected chi connectivity index (χ3v) is 1.55. The fourth-order valence-corrected chi connectivity index (χ4v) is 0.811. The number of nitrogens with zero attached hydrogens (tertiary/aromatic N) is 1. The number of carbonyl (C=O) groups excluding carboxylic acids is 1. The molecule has 0 aromatic carbocycles. The maximum absolute atomic E-state index is 11.2. The summed E-state index contributed by atoms with van der Waals surface area (Å²) in [4.78, 5) is 16.2. The van der Waals surface area contributed by atoms with Gasteiger partial charge in [-0.25, -0.2) is 4.79 Å². The van der Waals surface area contributed by atoms with Crippen LogP contribution in [-0.2, 0) is 9.63 Å². The van der Waals surface area contributed by atoms with Gasteiger partial charge in [0.05, 0.1) is 0 Å². The molecule has 0 aliphatic carbocycles. The van der Waals surface area contributed by atoms with Gasteiger partial charge in [-0.05, 0) is 20.8 Å². The van der Waals surface area contributed by atoms with E-state index in [0.717, 1.165) is 0 Å². The molecule has 0 aromatic rings. The van der Waals surface area contributed by atoms with Gasteiger partial charge >= 0.3 is 5.97 Å². The molecule has 1 N–H and O–H groups in total. The molecule has 0 saturated heterocycles.